The molecule has 0 unspecified atom stereocenters. The Morgan fingerprint density at radius 1 is 1.26 bits per heavy atom. The lowest BCUT2D eigenvalue weighted by Crippen LogP contribution is -2.40. The molecule has 128 valence electrons. The Kier molecular flexibility index (Phi) is 6.46. The topological polar surface area (TPSA) is 41.6 Å². The zero-order chi connectivity index (χ0) is 16.8. The Morgan fingerprint density at radius 3 is 2.39 bits per heavy atom. The van der Waals surface area contributed by atoms with Gasteiger partial charge in [-0.3, -0.25) is 4.79 Å². The van der Waals surface area contributed by atoms with E-state index in [0.29, 0.717) is 5.92 Å². The fourth-order valence-corrected chi connectivity index (χ4v) is 3.15. The van der Waals surface area contributed by atoms with Gasteiger partial charge in [0.1, 0.15) is 5.75 Å². The van der Waals surface area contributed by atoms with E-state index in [1.54, 1.807) is 7.11 Å². The first-order chi connectivity index (χ1) is 11.0. The van der Waals surface area contributed by atoms with Crippen molar-refractivity contribution < 1.29 is 9.53 Å². The van der Waals surface area contributed by atoms with Crippen molar-refractivity contribution in [3.8, 4) is 5.75 Å². The van der Waals surface area contributed by atoms with E-state index < -0.39 is 0 Å². The van der Waals surface area contributed by atoms with Crippen molar-refractivity contribution in [3.05, 3.63) is 29.8 Å². The second kappa shape index (κ2) is 8.34. The highest BCUT2D eigenvalue weighted by Gasteiger charge is 2.26. The third kappa shape index (κ3) is 5.24. The van der Waals surface area contributed by atoms with E-state index in [0.717, 1.165) is 43.7 Å². The van der Waals surface area contributed by atoms with Crippen LogP contribution in [-0.4, -0.2) is 38.1 Å². The van der Waals surface area contributed by atoms with Crippen molar-refractivity contribution in [3.63, 3.8) is 0 Å². The second-order valence-electron chi connectivity index (χ2n) is 7.04. The van der Waals surface area contributed by atoms with Crippen LogP contribution in [0.3, 0.4) is 0 Å². The molecule has 4 heteroatoms. The van der Waals surface area contributed by atoms with Crippen LogP contribution in [0.1, 0.15) is 44.7 Å². The number of rotatable bonds is 6. The van der Waals surface area contributed by atoms with E-state index in [1.807, 2.05) is 12.1 Å². The summed E-state index contributed by atoms with van der Waals surface area (Å²) in [7, 11) is 3.79. The number of benzene rings is 1. The number of carbonyl (C=O) groups excluding carboxylic acids is 1. The number of likely N-dealkylation sites (tertiary alicyclic amines) is 1. The van der Waals surface area contributed by atoms with E-state index in [2.05, 4.69) is 43.2 Å². The van der Waals surface area contributed by atoms with Crippen molar-refractivity contribution >= 4 is 5.91 Å². The van der Waals surface area contributed by atoms with Crippen LogP contribution in [0.2, 0.25) is 0 Å². The molecule has 0 spiro atoms. The molecule has 1 aliphatic heterocycles. The van der Waals surface area contributed by atoms with Crippen LogP contribution in [0.15, 0.2) is 24.3 Å². The first kappa shape index (κ1) is 17.8. The molecule has 0 aromatic heterocycles. The summed E-state index contributed by atoms with van der Waals surface area (Å²) in [6.45, 7) is 6.40. The Balaban J connectivity index is 2.03. The number of methoxy groups -OCH3 is 1. The van der Waals surface area contributed by atoms with Crippen LogP contribution in [0, 0.1) is 11.8 Å². The number of ether oxygens (including phenoxy) is 1. The van der Waals surface area contributed by atoms with Gasteiger partial charge in [0.15, 0.2) is 0 Å². The first-order valence-corrected chi connectivity index (χ1v) is 8.62. The molecule has 1 N–H and O–H groups in total. The average Bonchev–Trinajstić information content (AvgIpc) is 2.54. The molecule has 1 aromatic rings. The van der Waals surface area contributed by atoms with Crippen LogP contribution in [0.5, 0.6) is 5.75 Å². The quantitative estimate of drug-likeness (QED) is 0.875. The lowest BCUT2D eigenvalue weighted by atomic mass is 9.93. The van der Waals surface area contributed by atoms with Crippen molar-refractivity contribution in [2.24, 2.45) is 11.8 Å². The van der Waals surface area contributed by atoms with Gasteiger partial charge in [-0.1, -0.05) is 26.0 Å². The summed E-state index contributed by atoms with van der Waals surface area (Å²) in [5.41, 5.74) is 1.15. The van der Waals surface area contributed by atoms with Crippen molar-refractivity contribution in [1.29, 1.82) is 0 Å². The average molecular weight is 318 g/mol. The molecule has 0 saturated carbocycles. The summed E-state index contributed by atoms with van der Waals surface area (Å²) < 4.78 is 5.22. The predicted octanol–water partition coefficient (Wildman–Crippen LogP) is 3.24. The number of piperidine rings is 1. The number of nitrogens with zero attached hydrogens (tertiary/aromatic N) is 1. The summed E-state index contributed by atoms with van der Waals surface area (Å²) >= 11 is 0. The molecule has 1 heterocycles. The Labute approximate surface area is 140 Å². The van der Waals surface area contributed by atoms with E-state index in [-0.39, 0.29) is 17.9 Å². The van der Waals surface area contributed by atoms with Crippen LogP contribution < -0.4 is 10.1 Å². The van der Waals surface area contributed by atoms with E-state index in [9.17, 15) is 4.79 Å². The number of nitrogens with one attached hydrogen (secondary N) is 1. The van der Waals surface area contributed by atoms with Gasteiger partial charge in [0.25, 0.3) is 0 Å². The minimum atomic E-state index is 0.0769. The van der Waals surface area contributed by atoms with Crippen molar-refractivity contribution in [1.82, 2.24) is 10.2 Å². The number of hydrogen-bond acceptors (Lipinski definition) is 3. The molecule has 4 nitrogen and oxygen atoms in total. The third-order valence-electron chi connectivity index (χ3n) is 4.63. The summed E-state index contributed by atoms with van der Waals surface area (Å²) in [5.74, 6) is 1.73. The van der Waals surface area contributed by atoms with Crippen LogP contribution in [0.25, 0.3) is 0 Å². The van der Waals surface area contributed by atoms with Gasteiger partial charge in [-0.05, 0) is 63.0 Å². The summed E-state index contributed by atoms with van der Waals surface area (Å²) in [5, 5.41) is 3.29. The van der Waals surface area contributed by atoms with Gasteiger partial charge in [0, 0.05) is 5.92 Å². The fourth-order valence-electron chi connectivity index (χ4n) is 3.15. The van der Waals surface area contributed by atoms with E-state index in [1.165, 1.54) is 0 Å². The lowest BCUT2D eigenvalue weighted by molar-refractivity contribution is -0.127. The van der Waals surface area contributed by atoms with Gasteiger partial charge < -0.3 is 15.0 Å². The smallest absolute Gasteiger partial charge is 0.223 e. The second-order valence-corrected chi connectivity index (χ2v) is 7.04. The molecule has 1 fully saturated rings. The first-order valence-electron chi connectivity index (χ1n) is 8.62. The Hall–Kier alpha value is -1.55. The molecule has 0 radical (unpaired) electrons. The third-order valence-corrected chi connectivity index (χ3v) is 4.63. The fraction of sp³-hybridized carbons (Fsp3) is 0.632. The Bertz CT molecular complexity index is 491. The molecule has 1 aliphatic rings. The molecule has 0 bridgehead atoms. The number of hydrogen-bond donors (Lipinski definition) is 1. The molecule has 1 amide bonds. The van der Waals surface area contributed by atoms with Crippen LogP contribution >= 0.6 is 0 Å². The molecule has 1 atom stereocenters. The predicted molar refractivity (Wildman–Crippen MR) is 93.6 cm³/mol. The summed E-state index contributed by atoms with van der Waals surface area (Å²) in [6.07, 6.45) is 2.86. The molecular weight excluding hydrogens is 288 g/mol. The molecule has 23 heavy (non-hydrogen) atoms. The van der Waals surface area contributed by atoms with E-state index >= 15 is 0 Å². The largest absolute Gasteiger partial charge is 0.497 e. The molecule has 1 saturated heterocycles. The highest BCUT2D eigenvalue weighted by molar-refractivity contribution is 5.79. The van der Waals surface area contributed by atoms with Crippen LogP contribution in [-0.2, 0) is 4.79 Å². The maximum Gasteiger partial charge on any atom is 0.223 e. The maximum atomic E-state index is 12.6. The molecular formula is C19H30N2O2. The highest BCUT2D eigenvalue weighted by Crippen LogP contribution is 2.25. The van der Waals surface area contributed by atoms with Gasteiger partial charge in [-0.25, -0.2) is 0 Å². The summed E-state index contributed by atoms with van der Waals surface area (Å²) in [4.78, 5) is 14.9. The minimum absolute atomic E-state index is 0.0769. The SMILES string of the molecule is COc1ccc([C@H](CC(C)C)NC(=O)C2CCN(C)CC2)cc1. The monoisotopic (exact) mass is 318 g/mol. The lowest BCUT2D eigenvalue weighted by Gasteiger charge is -2.30. The normalized spacial score (nSPS) is 18.0. The molecule has 0 aliphatic carbocycles. The summed E-state index contributed by atoms with van der Waals surface area (Å²) in [6, 6.07) is 8.11. The zero-order valence-corrected chi connectivity index (χ0v) is 14.8. The zero-order valence-electron chi connectivity index (χ0n) is 14.8. The van der Waals surface area contributed by atoms with Gasteiger partial charge in [0.05, 0.1) is 13.2 Å². The van der Waals surface area contributed by atoms with E-state index in [4.69, 9.17) is 4.74 Å². The number of carbonyl (C=O) groups is 1. The number of amides is 1. The van der Waals surface area contributed by atoms with Gasteiger partial charge in [0.2, 0.25) is 5.91 Å². The maximum absolute atomic E-state index is 12.6. The van der Waals surface area contributed by atoms with Gasteiger partial charge >= 0.3 is 0 Å². The minimum Gasteiger partial charge on any atom is -0.497 e. The van der Waals surface area contributed by atoms with Gasteiger partial charge in [-0.15, -0.1) is 0 Å². The van der Waals surface area contributed by atoms with Crippen LogP contribution in [0.4, 0.5) is 0 Å². The molecule has 1 aromatic carbocycles. The van der Waals surface area contributed by atoms with Gasteiger partial charge in [-0.2, -0.15) is 0 Å². The molecule has 2 rings (SSSR count). The highest BCUT2D eigenvalue weighted by atomic mass is 16.5. The standard InChI is InChI=1S/C19H30N2O2/c1-14(2)13-18(15-5-7-17(23-4)8-6-15)20-19(22)16-9-11-21(3)12-10-16/h5-8,14,16,18H,9-13H2,1-4H3,(H,20,22)/t18-/m0/s1. The van der Waals surface area contributed by atoms with Crippen molar-refractivity contribution in [2.75, 3.05) is 27.2 Å². The van der Waals surface area contributed by atoms with Crippen molar-refractivity contribution in [2.45, 2.75) is 39.2 Å². The Morgan fingerprint density at radius 2 is 1.87 bits per heavy atom.